The van der Waals surface area contributed by atoms with E-state index in [4.69, 9.17) is 10.2 Å². The van der Waals surface area contributed by atoms with Crippen LogP contribution in [0.5, 0.6) is 0 Å². The Balaban J connectivity index is 4.41. The van der Waals surface area contributed by atoms with Crippen molar-refractivity contribution in [2.75, 3.05) is 0 Å². The van der Waals surface area contributed by atoms with E-state index < -0.39 is 17.9 Å². The molecule has 0 fully saturated rings. The maximum absolute atomic E-state index is 11.3. The first kappa shape index (κ1) is 21.1. The SMILES string of the molecule is CCCCCCCCCCC(C(=O)O)=C(CCC(=O)O)C(=O)O. The summed E-state index contributed by atoms with van der Waals surface area (Å²) in [5.74, 6) is -3.75. The standard InChI is InChI=1S/C17H28O6/c1-2-3-4-5-6-7-8-9-10-13(16(20)21)14(17(22)23)11-12-15(18)19/h2-12H2,1H3,(H,18,19)(H,20,21)(H,22,23). The highest BCUT2D eigenvalue weighted by Crippen LogP contribution is 2.19. The lowest BCUT2D eigenvalue weighted by Gasteiger charge is -2.08. The maximum Gasteiger partial charge on any atom is 0.332 e. The van der Waals surface area contributed by atoms with Crippen molar-refractivity contribution >= 4 is 17.9 Å². The van der Waals surface area contributed by atoms with Crippen molar-refractivity contribution in [1.29, 1.82) is 0 Å². The first-order valence-electron chi connectivity index (χ1n) is 8.30. The van der Waals surface area contributed by atoms with Crippen LogP contribution in [0.1, 0.15) is 77.6 Å². The molecule has 0 aliphatic carbocycles. The molecule has 0 heterocycles. The zero-order chi connectivity index (χ0) is 17.7. The van der Waals surface area contributed by atoms with Gasteiger partial charge in [-0.15, -0.1) is 0 Å². The molecule has 23 heavy (non-hydrogen) atoms. The third kappa shape index (κ3) is 10.5. The van der Waals surface area contributed by atoms with Crippen LogP contribution in [0.15, 0.2) is 11.1 Å². The van der Waals surface area contributed by atoms with Gasteiger partial charge in [0, 0.05) is 17.6 Å². The zero-order valence-corrected chi connectivity index (χ0v) is 13.8. The van der Waals surface area contributed by atoms with Gasteiger partial charge < -0.3 is 15.3 Å². The Hall–Kier alpha value is -1.85. The van der Waals surface area contributed by atoms with Crippen LogP contribution in [0.4, 0.5) is 0 Å². The van der Waals surface area contributed by atoms with Crippen molar-refractivity contribution in [1.82, 2.24) is 0 Å². The highest BCUT2D eigenvalue weighted by atomic mass is 16.4. The Bertz CT molecular complexity index is 425. The molecular formula is C17H28O6. The molecule has 6 nitrogen and oxygen atoms in total. The largest absolute Gasteiger partial charge is 0.481 e. The van der Waals surface area contributed by atoms with E-state index in [2.05, 4.69) is 6.92 Å². The molecule has 0 aromatic rings. The topological polar surface area (TPSA) is 112 Å². The van der Waals surface area contributed by atoms with Gasteiger partial charge in [0.2, 0.25) is 0 Å². The molecule has 132 valence electrons. The molecule has 0 aliphatic rings. The molecule has 6 heteroatoms. The number of aliphatic carboxylic acids is 3. The lowest BCUT2D eigenvalue weighted by atomic mass is 9.97. The van der Waals surface area contributed by atoms with Gasteiger partial charge in [0.15, 0.2) is 0 Å². The van der Waals surface area contributed by atoms with Crippen LogP contribution in [0.25, 0.3) is 0 Å². The molecule has 0 radical (unpaired) electrons. The van der Waals surface area contributed by atoms with E-state index in [-0.39, 0.29) is 30.4 Å². The molecule has 0 bridgehead atoms. The Morgan fingerprint density at radius 1 is 0.609 bits per heavy atom. The van der Waals surface area contributed by atoms with E-state index in [1.54, 1.807) is 0 Å². The second-order valence-electron chi connectivity index (χ2n) is 5.69. The summed E-state index contributed by atoms with van der Waals surface area (Å²) < 4.78 is 0. The summed E-state index contributed by atoms with van der Waals surface area (Å²) in [7, 11) is 0. The molecule has 0 rings (SSSR count). The van der Waals surface area contributed by atoms with E-state index in [1.165, 1.54) is 25.7 Å². The highest BCUT2D eigenvalue weighted by Gasteiger charge is 2.20. The van der Waals surface area contributed by atoms with Crippen molar-refractivity contribution in [2.24, 2.45) is 0 Å². The zero-order valence-electron chi connectivity index (χ0n) is 13.8. The van der Waals surface area contributed by atoms with Gasteiger partial charge in [-0.05, 0) is 19.3 Å². The molecule has 0 saturated heterocycles. The van der Waals surface area contributed by atoms with Gasteiger partial charge >= 0.3 is 17.9 Å². The molecule has 0 atom stereocenters. The summed E-state index contributed by atoms with van der Waals surface area (Å²) in [4.78, 5) is 33.0. The van der Waals surface area contributed by atoms with Crippen molar-refractivity contribution in [2.45, 2.75) is 77.6 Å². The number of rotatable bonds is 14. The predicted molar refractivity (Wildman–Crippen MR) is 86.4 cm³/mol. The van der Waals surface area contributed by atoms with E-state index in [9.17, 15) is 19.5 Å². The Morgan fingerprint density at radius 3 is 1.48 bits per heavy atom. The molecule has 0 aliphatic heterocycles. The monoisotopic (exact) mass is 328 g/mol. The third-order valence-corrected chi connectivity index (χ3v) is 3.75. The predicted octanol–water partition coefficient (Wildman–Crippen LogP) is 3.85. The fourth-order valence-corrected chi connectivity index (χ4v) is 2.44. The number of carbonyl (C=O) groups is 3. The minimum atomic E-state index is -1.34. The average Bonchev–Trinajstić information content (AvgIpc) is 2.47. The summed E-state index contributed by atoms with van der Waals surface area (Å²) in [5, 5.41) is 26.9. The quantitative estimate of drug-likeness (QED) is 0.330. The van der Waals surface area contributed by atoms with E-state index in [1.807, 2.05) is 0 Å². The van der Waals surface area contributed by atoms with Crippen LogP contribution < -0.4 is 0 Å². The fraction of sp³-hybridized carbons (Fsp3) is 0.706. The van der Waals surface area contributed by atoms with Crippen molar-refractivity contribution in [3.8, 4) is 0 Å². The van der Waals surface area contributed by atoms with Gasteiger partial charge in [-0.25, -0.2) is 9.59 Å². The maximum atomic E-state index is 11.3. The average molecular weight is 328 g/mol. The van der Waals surface area contributed by atoms with Crippen LogP contribution in [0.2, 0.25) is 0 Å². The van der Waals surface area contributed by atoms with Gasteiger partial charge in [0.05, 0.1) is 0 Å². The van der Waals surface area contributed by atoms with E-state index in [0.717, 1.165) is 19.3 Å². The van der Waals surface area contributed by atoms with Crippen molar-refractivity contribution < 1.29 is 29.7 Å². The lowest BCUT2D eigenvalue weighted by Crippen LogP contribution is -2.13. The fourth-order valence-electron chi connectivity index (χ4n) is 2.44. The van der Waals surface area contributed by atoms with Crippen LogP contribution in [0.3, 0.4) is 0 Å². The Kier molecular flexibility index (Phi) is 11.7. The first-order valence-corrected chi connectivity index (χ1v) is 8.30. The van der Waals surface area contributed by atoms with Gasteiger partial charge in [0.25, 0.3) is 0 Å². The summed E-state index contributed by atoms with van der Waals surface area (Å²) in [6.07, 6.45) is 7.94. The Labute approximate surface area is 137 Å². The molecule has 0 aromatic carbocycles. The highest BCUT2D eigenvalue weighted by molar-refractivity contribution is 5.99. The van der Waals surface area contributed by atoms with Crippen LogP contribution >= 0.6 is 0 Å². The molecule has 0 amide bonds. The third-order valence-electron chi connectivity index (χ3n) is 3.75. The van der Waals surface area contributed by atoms with Crippen LogP contribution in [0, 0.1) is 0 Å². The first-order chi connectivity index (χ1) is 10.9. The van der Waals surface area contributed by atoms with Gasteiger partial charge in [-0.3, -0.25) is 4.79 Å². The summed E-state index contributed by atoms with van der Waals surface area (Å²) in [6, 6.07) is 0. The Morgan fingerprint density at radius 2 is 1.04 bits per heavy atom. The second kappa shape index (κ2) is 12.7. The number of hydrogen-bond donors (Lipinski definition) is 3. The minimum Gasteiger partial charge on any atom is -0.481 e. The number of hydrogen-bond acceptors (Lipinski definition) is 3. The molecule has 0 unspecified atom stereocenters. The smallest absolute Gasteiger partial charge is 0.332 e. The van der Waals surface area contributed by atoms with E-state index >= 15 is 0 Å². The number of carboxylic acids is 3. The minimum absolute atomic E-state index is 0.162. The van der Waals surface area contributed by atoms with Crippen molar-refractivity contribution in [3.05, 3.63) is 11.1 Å². The second-order valence-corrected chi connectivity index (χ2v) is 5.69. The molecule has 0 saturated carbocycles. The van der Waals surface area contributed by atoms with Gasteiger partial charge in [0.1, 0.15) is 0 Å². The summed E-state index contributed by atoms with van der Waals surface area (Å²) in [6.45, 7) is 2.16. The van der Waals surface area contributed by atoms with Gasteiger partial charge in [-0.1, -0.05) is 51.9 Å². The van der Waals surface area contributed by atoms with Crippen molar-refractivity contribution in [3.63, 3.8) is 0 Å². The summed E-state index contributed by atoms with van der Waals surface area (Å²) >= 11 is 0. The molecule has 0 aromatic heterocycles. The van der Waals surface area contributed by atoms with Crippen LogP contribution in [-0.2, 0) is 14.4 Å². The lowest BCUT2D eigenvalue weighted by molar-refractivity contribution is -0.138. The van der Waals surface area contributed by atoms with Crippen LogP contribution in [-0.4, -0.2) is 33.2 Å². The molecular weight excluding hydrogens is 300 g/mol. The number of unbranched alkanes of at least 4 members (excludes halogenated alkanes) is 7. The normalized spacial score (nSPS) is 11.9. The molecule has 3 N–H and O–H groups in total. The molecule has 0 spiro atoms. The number of carboxylic acid groups (broad SMARTS) is 3. The van der Waals surface area contributed by atoms with E-state index in [0.29, 0.717) is 6.42 Å². The van der Waals surface area contributed by atoms with Gasteiger partial charge in [-0.2, -0.15) is 0 Å². The summed E-state index contributed by atoms with van der Waals surface area (Å²) in [5.41, 5.74) is -0.451.